The molecule has 2 saturated heterocycles. The molecule has 38 heavy (non-hydrogen) atoms. The van der Waals surface area contributed by atoms with Gasteiger partial charge in [-0.3, -0.25) is 14.3 Å². The van der Waals surface area contributed by atoms with E-state index in [2.05, 4.69) is 5.10 Å². The number of rotatable bonds is 5. The minimum atomic E-state index is -0.445. The molecule has 0 aliphatic carbocycles. The van der Waals surface area contributed by atoms with Crippen LogP contribution in [0.5, 0.6) is 0 Å². The fraction of sp³-hybridized carbons (Fsp3) is 0.556. The highest BCUT2D eigenvalue weighted by Crippen LogP contribution is 2.38. The summed E-state index contributed by atoms with van der Waals surface area (Å²) in [5, 5.41) is 5.59. The maximum atomic E-state index is 13.7. The lowest BCUT2D eigenvalue weighted by Gasteiger charge is -2.48. The number of hydrogen-bond acceptors (Lipinski definition) is 6. The fourth-order valence-electron chi connectivity index (χ4n) is 5.95. The third-order valence-corrected chi connectivity index (χ3v) is 8.04. The quantitative estimate of drug-likeness (QED) is 0.472. The standard InChI is InChI=1S/C27H32Cl2N4O5/c1-2-37-26(35)18-11-21-5-3-6-22(12-18)33(21)25(34)24-14-23-15-31(7-4-8-32(23)30-24)27(36)38-16-17-9-19(28)13-20(29)10-17/h9-10,13-14,18,21-22H,2-8,11-12,15-16H2,1H3. The molecule has 4 heterocycles. The second-order valence-electron chi connectivity index (χ2n) is 10.2. The molecular weight excluding hydrogens is 531 g/mol. The van der Waals surface area contributed by atoms with Crippen molar-refractivity contribution < 1.29 is 23.9 Å². The molecule has 1 aromatic carbocycles. The summed E-state index contributed by atoms with van der Waals surface area (Å²) in [4.78, 5) is 42.5. The summed E-state index contributed by atoms with van der Waals surface area (Å²) < 4.78 is 12.6. The number of aromatic nitrogens is 2. The van der Waals surface area contributed by atoms with Crippen LogP contribution in [0.2, 0.25) is 10.0 Å². The van der Waals surface area contributed by atoms with Gasteiger partial charge in [0.05, 0.1) is 24.8 Å². The fourth-order valence-corrected chi connectivity index (χ4v) is 6.52. The Balaban J connectivity index is 1.25. The van der Waals surface area contributed by atoms with Gasteiger partial charge in [-0.25, -0.2) is 4.79 Å². The van der Waals surface area contributed by atoms with Crippen molar-refractivity contribution in [1.29, 1.82) is 0 Å². The number of piperidine rings is 2. The van der Waals surface area contributed by atoms with Crippen LogP contribution in [0.25, 0.3) is 0 Å². The first-order chi connectivity index (χ1) is 18.3. The number of halogens is 2. The Hall–Kier alpha value is -2.78. The zero-order valence-electron chi connectivity index (χ0n) is 21.4. The molecule has 0 N–H and O–H groups in total. The number of carbonyl (C=O) groups excluding carboxylic acids is 3. The molecule has 0 saturated carbocycles. The minimum absolute atomic E-state index is 0.0115. The van der Waals surface area contributed by atoms with Crippen LogP contribution < -0.4 is 0 Å². The Labute approximate surface area is 231 Å². The Kier molecular flexibility index (Phi) is 8.14. The summed E-state index contributed by atoms with van der Waals surface area (Å²) in [6.45, 7) is 3.67. The molecule has 2 unspecified atom stereocenters. The van der Waals surface area contributed by atoms with Crippen molar-refractivity contribution in [3.63, 3.8) is 0 Å². The van der Waals surface area contributed by atoms with E-state index in [1.165, 1.54) is 0 Å². The highest BCUT2D eigenvalue weighted by atomic mass is 35.5. The Bertz CT molecular complexity index is 1180. The minimum Gasteiger partial charge on any atom is -0.466 e. The number of ether oxygens (including phenoxy) is 2. The van der Waals surface area contributed by atoms with Gasteiger partial charge >= 0.3 is 12.1 Å². The molecule has 2 amide bonds. The van der Waals surface area contributed by atoms with Crippen LogP contribution in [0.3, 0.4) is 0 Å². The molecule has 3 aliphatic heterocycles. The summed E-state index contributed by atoms with van der Waals surface area (Å²) >= 11 is 12.1. The van der Waals surface area contributed by atoms with E-state index in [-0.39, 0.29) is 36.5 Å². The van der Waals surface area contributed by atoms with Crippen LogP contribution in [-0.2, 0) is 34.0 Å². The molecule has 0 radical (unpaired) electrons. The summed E-state index contributed by atoms with van der Waals surface area (Å²) in [5.41, 5.74) is 1.89. The summed E-state index contributed by atoms with van der Waals surface area (Å²) in [5.74, 6) is -0.416. The SMILES string of the molecule is CCOC(=O)C1CC2CCCC(C1)N2C(=O)c1cc2n(n1)CCCN(C(=O)OCc1cc(Cl)cc(Cl)c1)C2. The predicted octanol–water partition coefficient (Wildman–Crippen LogP) is 5.07. The van der Waals surface area contributed by atoms with E-state index >= 15 is 0 Å². The molecule has 11 heteroatoms. The second-order valence-corrected chi connectivity index (χ2v) is 11.1. The largest absolute Gasteiger partial charge is 0.466 e. The zero-order valence-corrected chi connectivity index (χ0v) is 22.9. The van der Waals surface area contributed by atoms with Gasteiger partial charge < -0.3 is 19.3 Å². The molecule has 2 aromatic rings. The predicted molar refractivity (Wildman–Crippen MR) is 141 cm³/mol. The van der Waals surface area contributed by atoms with E-state index in [0.717, 1.165) is 25.0 Å². The van der Waals surface area contributed by atoms with Gasteiger partial charge in [0.15, 0.2) is 5.69 Å². The Morgan fingerprint density at radius 2 is 1.68 bits per heavy atom. The maximum absolute atomic E-state index is 13.7. The molecule has 2 fully saturated rings. The Morgan fingerprint density at radius 3 is 2.37 bits per heavy atom. The first-order valence-corrected chi connectivity index (χ1v) is 14.0. The van der Waals surface area contributed by atoms with Crippen molar-refractivity contribution in [3.05, 3.63) is 51.3 Å². The van der Waals surface area contributed by atoms with E-state index in [9.17, 15) is 14.4 Å². The normalized spacial score (nSPS) is 22.9. The van der Waals surface area contributed by atoms with Crippen molar-refractivity contribution in [2.24, 2.45) is 5.92 Å². The average Bonchev–Trinajstić information content (AvgIpc) is 3.17. The number of esters is 1. The van der Waals surface area contributed by atoms with Crippen molar-refractivity contribution in [3.8, 4) is 0 Å². The van der Waals surface area contributed by atoms with Gasteiger partial charge in [-0.2, -0.15) is 5.10 Å². The van der Waals surface area contributed by atoms with E-state index in [1.807, 2.05) is 16.5 Å². The van der Waals surface area contributed by atoms with Crippen LogP contribution in [0.4, 0.5) is 4.79 Å². The molecule has 2 bridgehead atoms. The molecule has 3 aliphatic rings. The Morgan fingerprint density at radius 1 is 0.974 bits per heavy atom. The van der Waals surface area contributed by atoms with Gasteiger partial charge in [0.25, 0.3) is 5.91 Å². The molecule has 5 rings (SSSR count). The highest BCUT2D eigenvalue weighted by molar-refractivity contribution is 6.34. The molecule has 9 nitrogen and oxygen atoms in total. The van der Waals surface area contributed by atoms with Gasteiger partial charge in [-0.05, 0) is 75.3 Å². The molecule has 204 valence electrons. The first-order valence-electron chi connectivity index (χ1n) is 13.2. The van der Waals surface area contributed by atoms with Crippen LogP contribution in [-0.4, -0.2) is 62.8 Å². The number of amides is 2. The second kappa shape index (κ2) is 11.5. The van der Waals surface area contributed by atoms with E-state index in [0.29, 0.717) is 66.8 Å². The number of carbonyl (C=O) groups is 3. The molecule has 0 spiro atoms. The summed E-state index contributed by atoms with van der Waals surface area (Å²) in [6, 6.07) is 6.86. The zero-order chi connectivity index (χ0) is 26.8. The van der Waals surface area contributed by atoms with Crippen LogP contribution in [0.15, 0.2) is 24.3 Å². The van der Waals surface area contributed by atoms with Crippen LogP contribution in [0, 0.1) is 5.92 Å². The number of nitrogens with zero attached hydrogens (tertiary/aromatic N) is 4. The van der Waals surface area contributed by atoms with E-state index in [4.69, 9.17) is 32.7 Å². The monoisotopic (exact) mass is 562 g/mol. The molecular formula is C27H32Cl2N4O5. The van der Waals surface area contributed by atoms with Crippen molar-refractivity contribution in [2.75, 3.05) is 13.2 Å². The molecule has 2 atom stereocenters. The lowest BCUT2D eigenvalue weighted by molar-refractivity contribution is -0.151. The highest BCUT2D eigenvalue weighted by Gasteiger charge is 2.44. The van der Waals surface area contributed by atoms with Crippen LogP contribution in [0.1, 0.15) is 67.2 Å². The van der Waals surface area contributed by atoms with E-state index in [1.54, 1.807) is 29.2 Å². The third kappa shape index (κ3) is 5.78. The number of aryl methyl sites for hydroxylation is 1. The van der Waals surface area contributed by atoms with Crippen molar-refractivity contribution in [2.45, 2.75) is 77.2 Å². The van der Waals surface area contributed by atoms with Crippen molar-refractivity contribution >= 4 is 41.2 Å². The summed E-state index contributed by atoms with van der Waals surface area (Å²) in [7, 11) is 0. The van der Waals surface area contributed by atoms with Gasteiger partial charge in [-0.15, -0.1) is 0 Å². The third-order valence-electron chi connectivity index (χ3n) is 7.61. The summed E-state index contributed by atoms with van der Waals surface area (Å²) in [6.07, 6.45) is 4.31. The van der Waals surface area contributed by atoms with Crippen molar-refractivity contribution in [1.82, 2.24) is 19.6 Å². The van der Waals surface area contributed by atoms with Gasteiger partial charge in [0.2, 0.25) is 0 Å². The smallest absolute Gasteiger partial charge is 0.410 e. The van der Waals surface area contributed by atoms with Gasteiger partial charge in [0, 0.05) is 35.2 Å². The molecule has 1 aromatic heterocycles. The number of fused-ring (bicyclic) bond motifs is 3. The van der Waals surface area contributed by atoms with Crippen LogP contribution >= 0.6 is 23.2 Å². The lowest BCUT2D eigenvalue weighted by atomic mass is 9.78. The van der Waals surface area contributed by atoms with Gasteiger partial charge in [0.1, 0.15) is 6.61 Å². The lowest BCUT2D eigenvalue weighted by Crippen LogP contribution is -2.55. The maximum Gasteiger partial charge on any atom is 0.410 e. The van der Waals surface area contributed by atoms with E-state index < -0.39 is 6.09 Å². The van der Waals surface area contributed by atoms with Gasteiger partial charge in [-0.1, -0.05) is 23.2 Å². The first kappa shape index (κ1) is 26.8. The number of hydrogen-bond donors (Lipinski definition) is 0. The number of benzene rings is 1. The topological polar surface area (TPSA) is 94.0 Å². The average molecular weight is 563 g/mol.